The van der Waals surface area contributed by atoms with Crippen molar-refractivity contribution in [1.29, 1.82) is 0 Å². The second-order valence-electron chi connectivity index (χ2n) is 7.65. The highest BCUT2D eigenvalue weighted by Crippen LogP contribution is 2.33. The molecule has 160 valence electrons. The molecule has 0 aliphatic rings. The minimum absolute atomic E-state index is 0.200. The number of carbonyl (C=O) groups is 1. The largest absolute Gasteiger partial charge is 0.488 e. The predicted octanol–water partition coefficient (Wildman–Crippen LogP) is 2.76. The van der Waals surface area contributed by atoms with E-state index in [0.29, 0.717) is 25.1 Å². The number of nitrogens with one attached hydrogen (secondary N) is 2. The lowest BCUT2D eigenvalue weighted by molar-refractivity contribution is -0.116. The van der Waals surface area contributed by atoms with Crippen LogP contribution in [0.15, 0.2) is 85.5 Å². The summed E-state index contributed by atoms with van der Waals surface area (Å²) in [5.74, 6) is -0.200. The molecule has 0 unspecified atom stereocenters. The minimum atomic E-state index is -1.50. The van der Waals surface area contributed by atoms with Gasteiger partial charge in [0.15, 0.2) is 0 Å². The number of hydrogen-bond acceptors (Lipinski definition) is 4. The third-order valence-corrected chi connectivity index (χ3v) is 5.73. The minimum Gasteiger partial charge on any atom is -0.423 e. The number of carbonyl (C=O) groups excluding carboxylic acids is 1. The van der Waals surface area contributed by atoms with E-state index in [1.165, 1.54) is 6.08 Å². The van der Waals surface area contributed by atoms with Gasteiger partial charge in [0.2, 0.25) is 5.91 Å². The van der Waals surface area contributed by atoms with Crippen molar-refractivity contribution in [2.24, 2.45) is 0 Å². The van der Waals surface area contributed by atoms with Crippen molar-refractivity contribution in [2.45, 2.75) is 19.6 Å². The third-order valence-electron chi connectivity index (χ3n) is 5.73. The summed E-state index contributed by atoms with van der Waals surface area (Å²) in [6.07, 6.45) is 1.28. The van der Waals surface area contributed by atoms with Crippen LogP contribution in [0.3, 0.4) is 0 Å². The van der Waals surface area contributed by atoms with Gasteiger partial charge in [-0.3, -0.25) is 4.79 Å². The van der Waals surface area contributed by atoms with E-state index >= 15 is 0 Å². The number of amides is 1. The van der Waals surface area contributed by atoms with Crippen LogP contribution in [0.2, 0.25) is 0 Å². The van der Waals surface area contributed by atoms with Crippen LogP contribution in [0.1, 0.15) is 16.7 Å². The van der Waals surface area contributed by atoms with E-state index in [-0.39, 0.29) is 5.91 Å². The fourth-order valence-electron chi connectivity index (χ4n) is 4.21. The second kappa shape index (κ2) is 9.79. The van der Waals surface area contributed by atoms with E-state index in [2.05, 4.69) is 41.5 Å². The Balaban J connectivity index is 1.72. The molecular formula is C26H25BN2O3. The highest BCUT2D eigenvalue weighted by atomic mass is 16.4. The molecule has 4 rings (SSSR count). The molecule has 0 aromatic heterocycles. The molecule has 0 bridgehead atoms. The molecule has 0 aliphatic heterocycles. The summed E-state index contributed by atoms with van der Waals surface area (Å²) in [6, 6.07) is 23.7. The van der Waals surface area contributed by atoms with Crippen LogP contribution in [-0.2, 0) is 24.4 Å². The molecule has 4 aromatic carbocycles. The first-order valence-electron chi connectivity index (χ1n) is 10.6. The van der Waals surface area contributed by atoms with Gasteiger partial charge in [0.1, 0.15) is 0 Å². The van der Waals surface area contributed by atoms with Crippen molar-refractivity contribution in [3.63, 3.8) is 0 Å². The Labute approximate surface area is 187 Å². The number of rotatable bonds is 8. The average Bonchev–Trinajstić information content (AvgIpc) is 2.83. The molecule has 0 saturated carbocycles. The number of fused-ring (bicyclic) bond motifs is 2. The highest BCUT2D eigenvalue weighted by molar-refractivity contribution is 6.59. The van der Waals surface area contributed by atoms with Crippen LogP contribution in [0.25, 0.3) is 21.5 Å². The van der Waals surface area contributed by atoms with Gasteiger partial charge >= 0.3 is 7.12 Å². The van der Waals surface area contributed by atoms with E-state index in [1.54, 1.807) is 12.1 Å². The van der Waals surface area contributed by atoms with Crippen molar-refractivity contribution in [3.05, 3.63) is 102 Å². The molecule has 0 atom stereocenters. The third kappa shape index (κ3) is 4.43. The van der Waals surface area contributed by atoms with Crippen LogP contribution < -0.4 is 16.1 Å². The first-order chi connectivity index (χ1) is 15.6. The fourth-order valence-corrected chi connectivity index (χ4v) is 4.21. The van der Waals surface area contributed by atoms with Gasteiger partial charge in [-0.15, -0.1) is 0 Å². The van der Waals surface area contributed by atoms with Gasteiger partial charge in [0, 0.05) is 19.6 Å². The first-order valence-corrected chi connectivity index (χ1v) is 10.6. The van der Waals surface area contributed by atoms with Gasteiger partial charge in [-0.2, -0.15) is 0 Å². The lowest BCUT2D eigenvalue weighted by Crippen LogP contribution is -2.34. The smallest absolute Gasteiger partial charge is 0.423 e. The van der Waals surface area contributed by atoms with Gasteiger partial charge in [0.25, 0.3) is 0 Å². The van der Waals surface area contributed by atoms with Gasteiger partial charge in [0.05, 0.1) is 0 Å². The average molecular weight is 424 g/mol. The summed E-state index contributed by atoms with van der Waals surface area (Å²) >= 11 is 0. The Morgan fingerprint density at radius 3 is 1.81 bits per heavy atom. The van der Waals surface area contributed by atoms with Crippen LogP contribution in [0, 0.1) is 0 Å². The molecule has 32 heavy (non-hydrogen) atoms. The van der Waals surface area contributed by atoms with Crippen LogP contribution in [-0.4, -0.2) is 23.1 Å². The fraction of sp³-hybridized carbons (Fsp3) is 0.115. The van der Waals surface area contributed by atoms with Gasteiger partial charge in [-0.1, -0.05) is 79.4 Å². The summed E-state index contributed by atoms with van der Waals surface area (Å²) in [5.41, 5.74) is 3.59. The Hall–Kier alpha value is -3.45. The zero-order valence-electron chi connectivity index (χ0n) is 17.7. The van der Waals surface area contributed by atoms with Crippen LogP contribution in [0.5, 0.6) is 0 Å². The summed E-state index contributed by atoms with van der Waals surface area (Å²) in [7, 11) is -1.50. The molecule has 0 radical (unpaired) electrons. The Kier molecular flexibility index (Phi) is 6.66. The molecular weight excluding hydrogens is 399 g/mol. The van der Waals surface area contributed by atoms with Crippen molar-refractivity contribution in [1.82, 2.24) is 10.6 Å². The van der Waals surface area contributed by atoms with E-state index in [0.717, 1.165) is 38.2 Å². The van der Waals surface area contributed by atoms with Crippen LogP contribution in [0.4, 0.5) is 0 Å². The monoisotopic (exact) mass is 424 g/mol. The molecule has 4 aromatic rings. The molecule has 0 spiro atoms. The van der Waals surface area contributed by atoms with Crippen LogP contribution >= 0.6 is 0 Å². The zero-order valence-corrected chi connectivity index (χ0v) is 17.7. The maximum absolute atomic E-state index is 11.8. The second-order valence-corrected chi connectivity index (χ2v) is 7.65. The maximum Gasteiger partial charge on any atom is 0.488 e. The number of benzene rings is 4. The summed E-state index contributed by atoms with van der Waals surface area (Å²) in [5, 5.41) is 30.1. The molecule has 4 N–H and O–H groups in total. The summed E-state index contributed by atoms with van der Waals surface area (Å²) in [6.45, 7) is 5.07. The zero-order chi connectivity index (χ0) is 22.5. The lowest BCUT2D eigenvalue weighted by Gasteiger charge is -2.18. The van der Waals surface area contributed by atoms with Gasteiger partial charge in [-0.05, 0) is 49.8 Å². The molecule has 0 aliphatic carbocycles. The lowest BCUT2D eigenvalue weighted by atomic mass is 9.77. The Morgan fingerprint density at radius 2 is 1.28 bits per heavy atom. The number of hydrogen-bond donors (Lipinski definition) is 4. The quantitative estimate of drug-likeness (QED) is 0.199. The highest BCUT2D eigenvalue weighted by Gasteiger charge is 2.16. The molecule has 0 fully saturated rings. The summed E-state index contributed by atoms with van der Waals surface area (Å²) in [4.78, 5) is 11.8. The predicted molar refractivity (Wildman–Crippen MR) is 130 cm³/mol. The first kappa shape index (κ1) is 21.8. The van der Waals surface area contributed by atoms with Gasteiger partial charge in [-0.25, -0.2) is 0 Å². The standard InChI is InChI=1S/C26H25BN2O3/c1-2-26(30)29-17-24-21-12-6-4-10-19(21)23(20-11-5-7-13-22(20)24)16-28-15-18-9-3-8-14-25(18)27(31)32/h2-14,28,31-32H,1,15-17H2,(H,29,30). The Bertz CT molecular complexity index is 1230. The van der Waals surface area contributed by atoms with Gasteiger partial charge < -0.3 is 20.7 Å². The van der Waals surface area contributed by atoms with Crippen molar-refractivity contribution < 1.29 is 14.8 Å². The Morgan fingerprint density at radius 1 is 0.781 bits per heavy atom. The molecule has 0 saturated heterocycles. The molecule has 6 heteroatoms. The normalized spacial score (nSPS) is 10.9. The molecule has 1 amide bonds. The molecule has 5 nitrogen and oxygen atoms in total. The molecule has 0 heterocycles. The maximum atomic E-state index is 11.8. The van der Waals surface area contributed by atoms with Crippen molar-refractivity contribution in [2.75, 3.05) is 0 Å². The van der Waals surface area contributed by atoms with E-state index in [1.807, 2.05) is 36.4 Å². The van der Waals surface area contributed by atoms with Crippen molar-refractivity contribution >= 4 is 40.0 Å². The van der Waals surface area contributed by atoms with Crippen molar-refractivity contribution in [3.8, 4) is 0 Å². The van der Waals surface area contributed by atoms with E-state index in [4.69, 9.17) is 0 Å². The van der Waals surface area contributed by atoms with E-state index < -0.39 is 7.12 Å². The SMILES string of the molecule is C=CC(=O)NCc1c2ccccc2c(CNCc2ccccc2B(O)O)c2ccccc12. The summed E-state index contributed by atoms with van der Waals surface area (Å²) < 4.78 is 0. The topological polar surface area (TPSA) is 81.6 Å². The van der Waals surface area contributed by atoms with E-state index in [9.17, 15) is 14.8 Å².